The monoisotopic (exact) mass is 497 g/mol. The Morgan fingerprint density at radius 1 is 1.13 bits per heavy atom. The first-order chi connectivity index (χ1) is 14.0. The summed E-state index contributed by atoms with van der Waals surface area (Å²) in [6.45, 7) is 7.21. The summed E-state index contributed by atoms with van der Waals surface area (Å²) < 4.78 is 36.3. The van der Waals surface area contributed by atoms with Crippen molar-refractivity contribution in [3.05, 3.63) is 52.5 Å². The van der Waals surface area contributed by atoms with Gasteiger partial charge in [0, 0.05) is 4.47 Å². The van der Waals surface area contributed by atoms with E-state index in [1.54, 1.807) is 38.3 Å². The van der Waals surface area contributed by atoms with Gasteiger partial charge in [0.25, 0.3) is 0 Å². The molecule has 0 saturated carbocycles. The molecule has 2 aromatic carbocycles. The molecule has 2 aromatic rings. The molecule has 30 heavy (non-hydrogen) atoms. The van der Waals surface area contributed by atoms with E-state index in [-0.39, 0.29) is 4.90 Å². The minimum atomic E-state index is -3.89. The topological polar surface area (TPSA) is 81.7 Å². The van der Waals surface area contributed by atoms with Gasteiger partial charge in [-0.25, -0.2) is 8.42 Å². The van der Waals surface area contributed by atoms with Gasteiger partial charge in [-0.1, -0.05) is 28.9 Å². The maximum Gasteiger partial charge on any atom is 0.241 e. The van der Waals surface area contributed by atoms with E-state index in [0.717, 1.165) is 16.5 Å². The van der Waals surface area contributed by atoms with Crippen LogP contribution >= 0.6 is 15.9 Å². The van der Waals surface area contributed by atoms with Crippen LogP contribution in [0.1, 0.15) is 45.7 Å². The lowest BCUT2D eigenvalue weighted by atomic mass is 10.1. The van der Waals surface area contributed by atoms with Crippen molar-refractivity contribution < 1.29 is 22.7 Å². The van der Waals surface area contributed by atoms with Crippen molar-refractivity contribution in [2.45, 2.75) is 49.8 Å². The minimum Gasteiger partial charge on any atom is -0.493 e. The van der Waals surface area contributed by atoms with Gasteiger partial charge in [-0.3, -0.25) is 4.79 Å². The third kappa shape index (κ3) is 5.16. The van der Waals surface area contributed by atoms with E-state index in [1.165, 1.54) is 26.0 Å². The van der Waals surface area contributed by atoms with Crippen LogP contribution in [0.4, 0.5) is 0 Å². The maximum absolute atomic E-state index is 13.1. The molecule has 0 bridgehead atoms. The van der Waals surface area contributed by atoms with Gasteiger partial charge in [0.1, 0.15) is 4.75 Å². The average molecular weight is 498 g/mol. The Labute approximate surface area is 187 Å². The number of nitrogens with one attached hydrogen (secondary N) is 1. The van der Waals surface area contributed by atoms with Crippen molar-refractivity contribution in [1.82, 2.24) is 5.32 Å². The predicted molar refractivity (Wildman–Crippen MR) is 121 cm³/mol. The molecule has 1 N–H and O–H groups in total. The zero-order valence-corrected chi connectivity index (χ0v) is 20.3. The highest BCUT2D eigenvalue weighted by molar-refractivity contribution is 9.10. The molecule has 0 aromatic heterocycles. The summed E-state index contributed by atoms with van der Waals surface area (Å²) in [5, 5.41) is 2.81. The van der Waals surface area contributed by atoms with Crippen molar-refractivity contribution >= 4 is 31.7 Å². The molecular weight excluding hydrogens is 470 g/mol. The molecule has 1 unspecified atom stereocenters. The van der Waals surface area contributed by atoms with Crippen LogP contribution < -0.4 is 14.8 Å². The fraction of sp³-hybridized carbons (Fsp3) is 0.409. The van der Waals surface area contributed by atoms with Crippen molar-refractivity contribution in [2.75, 3.05) is 13.7 Å². The number of methoxy groups -OCH3 is 1. The normalized spacial score (nSPS) is 12.9. The van der Waals surface area contributed by atoms with Crippen molar-refractivity contribution in [1.29, 1.82) is 0 Å². The van der Waals surface area contributed by atoms with E-state index < -0.39 is 26.5 Å². The first kappa shape index (κ1) is 24.2. The number of sulfone groups is 1. The molecule has 0 aliphatic heterocycles. The molecule has 0 aliphatic carbocycles. The number of rotatable bonds is 9. The molecule has 1 amide bonds. The van der Waals surface area contributed by atoms with E-state index >= 15 is 0 Å². The highest BCUT2D eigenvalue weighted by atomic mass is 79.9. The third-order valence-corrected chi connectivity index (χ3v) is 7.79. The minimum absolute atomic E-state index is 0.0950. The first-order valence-electron chi connectivity index (χ1n) is 9.66. The summed E-state index contributed by atoms with van der Waals surface area (Å²) in [7, 11) is -2.34. The van der Waals surface area contributed by atoms with Gasteiger partial charge < -0.3 is 14.8 Å². The average Bonchev–Trinajstić information content (AvgIpc) is 2.72. The van der Waals surface area contributed by atoms with Crippen LogP contribution in [-0.2, 0) is 14.6 Å². The summed E-state index contributed by atoms with van der Waals surface area (Å²) in [5.41, 5.74) is 0.779. The quantitative estimate of drug-likeness (QED) is 0.543. The van der Waals surface area contributed by atoms with Crippen LogP contribution in [0.15, 0.2) is 51.8 Å². The Kier molecular flexibility index (Phi) is 7.93. The van der Waals surface area contributed by atoms with Crippen LogP contribution in [0.25, 0.3) is 0 Å². The van der Waals surface area contributed by atoms with E-state index in [1.807, 2.05) is 13.0 Å². The zero-order valence-electron chi connectivity index (χ0n) is 17.9. The standard InChI is InChI=1S/C22H28BrNO5S/c1-6-13-29-19-12-7-16(14-20(19)28-5)15(2)24-21(25)22(3,4)30(26,27)18-10-8-17(23)9-11-18/h7-12,14-15H,6,13H2,1-5H3,(H,24,25). The molecule has 164 valence electrons. The Morgan fingerprint density at radius 2 is 1.77 bits per heavy atom. The fourth-order valence-electron chi connectivity index (χ4n) is 2.77. The zero-order chi connectivity index (χ0) is 22.5. The van der Waals surface area contributed by atoms with Gasteiger partial charge in [0.15, 0.2) is 21.3 Å². The van der Waals surface area contributed by atoms with Crippen LogP contribution in [0.2, 0.25) is 0 Å². The van der Waals surface area contributed by atoms with Crippen molar-refractivity contribution in [2.24, 2.45) is 0 Å². The number of amides is 1. The Morgan fingerprint density at radius 3 is 2.33 bits per heavy atom. The predicted octanol–water partition coefficient (Wildman–Crippen LogP) is 4.68. The number of ether oxygens (including phenoxy) is 2. The lowest BCUT2D eigenvalue weighted by Gasteiger charge is -2.26. The summed E-state index contributed by atoms with van der Waals surface area (Å²) in [5.74, 6) is 0.603. The lowest BCUT2D eigenvalue weighted by Crippen LogP contribution is -2.48. The second-order valence-corrected chi connectivity index (χ2v) is 10.8. The van der Waals surface area contributed by atoms with Crippen molar-refractivity contribution in [3.63, 3.8) is 0 Å². The highest BCUT2D eigenvalue weighted by Crippen LogP contribution is 2.32. The molecule has 6 nitrogen and oxygen atoms in total. The summed E-state index contributed by atoms with van der Waals surface area (Å²) >= 11 is 3.29. The van der Waals surface area contributed by atoms with E-state index in [4.69, 9.17) is 9.47 Å². The first-order valence-corrected chi connectivity index (χ1v) is 11.9. The summed E-state index contributed by atoms with van der Waals surface area (Å²) in [6, 6.07) is 11.2. The van der Waals surface area contributed by atoms with Crippen LogP contribution in [-0.4, -0.2) is 32.8 Å². The molecule has 0 aliphatic rings. The smallest absolute Gasteiger partial charge is 0.241 e. The largest absolute Gasteiger partial charge is 0.493 e. The van der Waals surface area contributed by atoms with Gasteiger partial charge in [0.2, 0.25) is 5.91 Å². The second kappa shape index (κ2) is 9.83. The number of carbonyl (C=O) groups excluding carboxylic acids is 1. The molecule has 1 atom stereocenters. The Balaban J connectivity index is 2.22. The maximum atomic E-state index is 13.1. The van der Waals surface area contributed by atoms with Crippen molar-refractivity contribution in [3.8, 4) is 11.5 Å². The summed E-state index contributed by atoms with van der Waals surface area (Å²) in [4.78, 5) is 13.0. The van der Waals surface area contributed by atoms with Gasteiger partial charge in [-0.05, 0) is 69.2 Å². The van der Waals surface area contributed by atoms with E-state index in [2.05, 4.69) is 21.2 Å². The second-order valence-electron chi connectivity index (χ2n) is 7.42. The highest BCUT2D eigenvalue weighted by Gasteiger charge is 2.43. The number of benzene rings is 2. The Bertz CT molecular complexity index is 987. The van der Waals surface area contributed by atoms with Gasteiger partial charge >= 0.3 is 0 Å². The molecule has 0 radical (unpaired) electrons. The lowest BCUT2D eigenvalue weighted by molar-refractivity contribution is -0.123. The number of carbonyl (C=O) groups is 1. The van der Waals surface area contributed by atoms with Gasteiger partial charge in [-0.15, -0.1) is 0 Å². The Hall–Kier alpha value is -2.06. The third-order valence-electron chi connectivity index (χ3n) is 4.84. The summed E-state index contributed by atoms with van der Waals surface area (Å²) in [6.07, 6.45) is 0.874. The van der Waals surface area contributed by atoms with Gasteiger partial charge in [0.05, 0.1) is 24.7 Å². The van der Waals surface area contributed by atoms with Crippen LogP contribution in [0.3, 0.4) is 0 Å². The number of hydrogen-bond donors (Lipinski definition) is 1. The SMILES string of the molecule is CCCOc1ccc(C(C)NC(=O)C(C)(C)S(=O)(=O)c2ccc(Br)cc2)cc1OC. The molecule has 0 fully saturated rings. The number of hydrogen-bond acceptors (Lipinski definition) is 5. The molecule has 0 spiro atoms. The molecule has 2 rings (SSSR count). The van der Waals surface area contributed by atoms with E-state index in [9.17, 15) is 13.2 Å². The number of halogens is 1. The molecule has 0 saturated heterocycles. The molecule has 0 heterocycles. The molecule has 8 heteroatoms. The van der Waals surface area contributed by atoms with Crippen LogP contribution in [0.5, 0.6) is 11.5 Å². The van der Waals surface area contributed by atoms with Gasteiger partial charge in [-0.2, -0.15) is 0 Å². The molecular formula is C22H28BrNO5S. The van der Waals surface area contributed by atoms with Crippen LogP contribution in [0, 0.1) is 0 Å². The van der Waals surface area contributed by atoms with E-state index in [0.29, 0.717) is 18.1 Å². The fourth-order valence-corrected chi connectivity index (χ4v) is 4.42.